The first-order chi connectivity index (χ1) is 7.98. The van der Waals surface area contributed by atoms with Gasteiger partial charge in [0.25, 0.3) is 0 Å². The molecule has 0 bridgehead atoms. The van der Waals surface area contributed by atoms with Crippen LogP contribution in [0.3, 0.4) is 0 Å². The fourth-order valence-electron chi connectivity index (χ4n) is 2.44. The molecule has 2 atom stereocenters. The van der Waals surface area contributed by atoms with E-state index in [2.05, 4.69) is 10.3 Å². The second-order valence-corrected chi connectivity index (χ2v) is 6.95. The van der Waals surface area contributed by atoms with Crippen LogP contribution < -0.4 is 5.32 Å². The fraction of sp³-hybridized carbons (Fsp3) is 0.583. The van der Waals surface area contributed by atoms with Crippen molar-refractivity contribution in [3.05, 3.63) is 24.0 Å². The van der Waals surface area contributed by atoms with E-state index in [9.17, 15) is 8.42 Å². The number of nitrogens with one attached hydrogen (secondary N) is 1. The van der Waals surface area contributed by atoms with Gasteiger partial charge < -0.3 is 5.32 Å². The number of rotatable bonds is 3. The second kappa shape index (κ2) is 4.64. The van der Waals surface area contributed by atoms with Crippen molar-refractivity contribution in [1.82, 2.24) is 4.98 Å². The van der Waals surface area contributed by atoms with Crippen LogP contribution in [-0.4, -0.2) is 30.9 Å². The number of pyridine rings is 1. The van der Waals surface area contributed by atoms with Crippen LogP contribution in [0, 0.1) is 6.92 Å². The van der Waals surface area contributed by atoms with Crippen LogP contribution in [0.4, 0.5) is 5.69 Å². The van der Waals surface area contributed by atoms with E-state index in [1.54, 1.807) is 6.20 Å². The van der Waals surface area contributed by atoms with Gasteiger partial charge in [-0.2, -0.15) is 0 Å². The smallest absolute Gasteiger partial charge is 0.152 e. The molecular formula is C12H18N2O2S. The number of aromatic nitrogens is 1. The Bertz CT molecular complexity index is 499. The second-order valence-electron chi connectivity index (χ2n) is 4.69. The van der Waals surface area contributed by atoms with Crippen LogP contribution in [0.2, 0.25) is 0 Å². The Labute approximate surface area is 102 Å². The molecule has 1 aromatic heterocycles. The van der Waals surface area contributed by atoms with Crippen molar-refractivity contribution >= 4 is 15.5 Å². The quantitative estimate of drug-likeness (QED) is 0.893. The molecule has 0 saturated heterocycles. The number of anilines is 1. The zero-order chi connectivity index (χ0) is 12.5. The van der Waals surface area contributed by atoms with Crippen LogP contribution in [0.25, 0.3) is 0 Å². The summed E-state index contributed by atoms with van der Waals surface area (Å²) in [5.41, 5.74) is 1.85. The lowest BCUT2D eigenvalue weighted by Gasteiger charge is -2.21. The predicted molar refractivity (Wildman–Crippen MR) is 68.9 cm³/mol. The van der Waals surface area contributed by atoms with Gasteiger partial charge in [0, 0.05) is 18.5 Å². The van der Waals surface area contributed by atoms with Crippen molar-refractivity contribution in [2.75, 3.05) is 11.6 Å². The Balaban J connectivity index is 2.17. The Kier molecular flexibility index (Phi) is 3.38. The van der Waals surface area contributed by atoms with Crippen LogP contribution in [-0.2, 0) is 9.84 Å². The first-order valence-corrected chi connectivity index (χ1v) is 7.81. The average molecular weight is 254 g/mol. The molecular weight excluding hydrogens is 236 g/mol. The summed E-state index contributed by atoms with van der Waals surface area (Å²) in [6.07, 6.45) is 5.70. The molecule has 0 unspecified atom stereocenters. The highest BCUT2D eigenvalue weighted by Gasteiger charge is 2.34. The summed E-state index contributed by atoms with van der Waals surface area (Å²) in [6.45, 7) is 1.92. The summed E-state index contributed by atoms with van der Waals surface area (Å²) in [6, 6.07) is 3.83. The minimum absolute atomic E-state index is 0.0212. The summed E-state index contributed by atoms with van der Waals surface area (Å²) >= 11 is 0. The van der Waals surface area contributed by atoms with E-state index in [1.165, 1.54) is 6.26 Å². The lowest BCUT2D eigenvalue weighted by Crippen LogP contribution is -2.34. The van der Waals surface area contributed by atoms with E-state index in [0.717, 1.165) is 30.6 Å². The van der Waals surface area contributed by atoms with Crippen molar-refractivity contribution in [3.63, 3.8) is 0 Å². The van der Waals surface area contributed by atoms with Crippen molar-refractivity contribution < 1.29 is 8.42 Å². The van der Waals surface area contributed by atoms with Crippen LogP contribution in [0.15, 0.2) is 18.3 Å². The minimum atomic E-state index is -2.97. The van der Waals surface area contributed by atoms with E-state index in [-0.39, 0.29) is 11.3 Å². The Morgan fingerprint density at radius 2 is 2.18 bits per heavy atom. The van der Waals surface area contributed by atoms with Crippen LogP contribution in [0.5, 0.6) is 0 Å². The number of aryl methyl sites for hydroxylation is 1. The summed E-state index contributed by atoms with van der Waals surface area (Å²) in [5, 5.41) is 3.06. The summed E-state index contributed by atoms with van der Waals surface area (Å²) < 4.78 is 23.3. The molecule has 1 aromatic rings. The molecule has 0 spiro atoms. The molecule has 1 heterocycles. The highest BCUT2D eigenvalue weighted by atomic mass is 32.2. The number of nitrogens with zero attached hydrogens (tertiary/aromatic N) is 1. The molecule has 0 aliphatic heterocycles. The Hall–Kier alpha value is -1.10. The summed E-state index contributed by atoms with van der Waals surface area (Å²) in [7, 11) is -2.97. The maximum atomic E-state index is 11.7. The summed E-state index contributed by atoms with van der Waals surface area (Å²) in [4.78, 5) is 4.20. The van der Waals surface area contributed by atoms with Gasteiger partial charge in [-0.25, -0.2) is 8.42 Å². The van der Waals surface area contributed by atoms with Gasteiger partial charge >= 0.3 is 0 Å². The van der Waals surface area contributed by atoms with Gasteiger partial charge in [-0.3, -0.25) is 4.98 Å². The highest BCUT2D eigenvalue weighted by molar-refractivity contribution is 7.91. The zero-order valence-electron chi connectivity index (χ0n) is 10.2. The number of hydrogen-bond acceptors (Lipinski definition) is 4. The first kappa shape index (κ1) is 12.4. The number of sulfone groups is 1. The molecule has 1 N–H and O–H groups in total. The van der Waals surface area contributed by atoms with E-state index >= 15 is 0 Å². The lowest BCUT2D eigenvalue weighted by molar-refractivity contribution is 0.579. The van der Waals surface area contributed by atoms with E-state index < -0.39 is 9.84 Å². The molecule has 0 amide bonds. The van der Waals surface area contributed by atoms with Crippen molar-refractivity contribution in [2.24, 2.45) is 0 Å². The van der Waals surface area contributed by atoms with Gasteiger partial charge in [0.15, 0.2) is 9.84 Å². The molecule has 94 valence electrons. The van der Waals surface area contributed by atoms with Gasteiger partial charge in [0.05, 0.1) is 16.6 Å². The van der Waals surface area contributed by atoms with E-state index in [4.69, 9.17) is 0 Å². The standard InChI is InChI=1S/C12H18N2O2S/c1-9-10(6-4-8-13-9)14-11-5-3-7-12(11)17(2,15)16/h4,6,8,11-12,14H,3,5,7H2,1-2H3/t11-,12-/m1/s1. The van der Waals surface area contributed by atoms with E-state index in [1.807, 2.05) is 19.1 Å². The maximum Gasteiger partial charge on any atom is 0.152 e. The molecule has 5 heteroatoms. The number of hydrogen-bond donors (Lipinski definition) is 1. The molecule has 1 aliphatic carbocycles. The average Bonchev–Trinajstić information content (AvgIpc) is 2.69. The minimum Gasteiger partial charge on any atom is -0.380 e. The SMILES string of the molecule is Cc1ncccc1N[C@@H]1CCC[C@H]1S(C)(=O)=O. The predicted octanol–water partition coefficient (Wildman–Crippen LogP) is 1.77. The van der Waals surface area contributed by atoms with Gasteiger partial charge in [-0.05, 0) is 38.3 Å². The molecule has 4 nitrogen and oxygen atoms in total. The largest absolute Gasteiger partial charge is 0.380 e. The monoisotopic (exact) mass is 254 g/mol. The van der Waals surface area contributed by atoms with Crippen molar-refractivity contribution in [2.45, 2.75) is 37.5 Å². The van der Waals surface area contributed by atoms with Crippen molar-refractivity contribution in [1.29, 1.82) is 0 Å². The molecule has 0 radical (unpaired) electrons. The topological polar surface area (TPSA) is 59.1 Å². The van der Waals surface area contributed by atoms with Crippen LogP contribution >= 0.6 is 0 Å². The van der Waals surface area contributed by atoms with Gasteiger partial charge in [-0.15, -0.1) is 0 Å². The Morgan fingerprint density at radius 1 is 1.41 bits per heavy atom. The first-order valence-electron chi connectivity index (χ1n) is 5.85. The third-order valence-electron chi connectivity index (χ3n) is 3.35. The highest BCUT2D eigenvalue weighted by Crippen LogP contribution is 2.28. The third-order valence-corrected chi connectivity index (χ3v) is 5.01. The molecule has 1 fully saturated rings. The maximum absolute atomic E-state index is 11.7. The summed E-state index contributed by atoms with van der Waals surface area (Å²) in [5.74, 6) is 0. The van der Waals surface area contributed by atoms with E-state index in [0.29, 0.717) is 0 Å². The van der Waals surface area contributed by atoms with Crippen molar-refractivity contribution in [3.8, 4) is 0 Å². The normalized spacial score (nSPS) is 24.8. The lowest BCUT2D eigenvalue weighted by atomic mass is 10.2. The molecule has 1 saturated carbocycles. The molecule has 1 aliphatic rings. The molecule has 17 heavy (non-hydrogen) atoms. The van der Waals surface area contributed by atoms with Gasteiger partial charge in [0.1, 0.15) is 0 Å². The molecule has 2 rings (SSSR count). The molecule has 0 aromatic carbocycles. The Morgan fingerprint density at radius 3 is 2.82 bits per heavy atom. The van der Waals surface area contributed by atoms with Gasteiger partial charge in [-0.1, -0.05) is 0 Å². The van der Waals surface area contributed by atoms with Gasteiger partial charge in [0.2, 0.25) is 0 Å². The third kappa shape index (κ3) is 2.77. The van der Waals surface area contributed by atoms with Crippen LogP contribution in [0.1, 0.15) is 25.0 Å². The zero-order valence-corrected chi connectivity index (χ0v) is 11.0. The fourth-order valence-corrected chi connectivity index (χ4v) is 3.84.